The fraction of sp³-hybridized carbons (Fsp3) is 0. The molecule has 4 N–H and O–H groups in total. The highest BCUT2D eigenvalue weighted by Gasteiger charge is 2.05. The van der Waals surface area contributed by atoms with E-state index in [1.54, 1.807) is 48.5 Å². The molecule has 0 aromatic heterocycles. The van der Waals surface area contributed by atoms with E-state index in [0.717, 1.165) is 16.7 Å². The first kappa shape index (κ1) is 15.5. The third-order valence-electron chi connectivity index (χ3n) is 3.60. The highest BCUT2D eigenvalue weighted by molar-refractivity contribution is 5.82. The van der Waals surface area contributed by atoms with E-state index in [-0.39, 0.29) is 23.0 Å². The second kappa shape index (κ2) is 6.38. The Labute approximate surface area is 139 Å². The lowest BCUT2D eigenvalue weighted by Crippen LogP contribution is -1.83. The minimum Gasteiger partial charge on any atom is -0.508 e. The number of rotatable bonds is 3. The molecular formula is C20H16O4. The minimum atomic E-state index is -0.0147. The Hall–Kier alpha value is -3.40. The van der Waals surface area contributed by atoms with Crippen LogP contribution in [0.2, 0.25) is 0 Å². The number of hydrogen-bond donors (Lipinski definition) is 4. The zero-order valence-electron chi connectivity index (χ0n) is 12.7. The Kier molecular flexibility index (Phi) is 4.12. The molecule has 0 atom stereocenters. The van der Waals surface area contributed by atoms with Gasteiger partial charge in [-0.1, -0.05) is 30.4 Å². The maximum Gasteiger partial charge on any atom is 0.119 e. The summed E-state index contributed by atoms with van der Waals surface area (Å²) in [5, 5.41) is 38.3. The first-order valence-electron chi connectivity index (χ1n) is 7.35. The van der Waals surface area contributed by atoms with Crippen LogP contribution in [0.5, 0.6) is 23.0 Å². The van der Waals surface area contributed by atoms with E-state index in [0.29, 0.717) is 5.56 Å². The van der Waals surface area contributed by atoms with Crippen molar-refractivity contribution < 1.29 is 20.4 Å². The van der Waals surface area contributed by atoms with Gasteiger partial charge in [-0.25, -0.2) is 0 Å². The van der Waals surface area contributed by atoms with Gasteiger partial charge in [0.15, 0.2) is 0 Å². The lowest BCUT2D eigenvalue weighted by molar-refractivity contribution is 0.450. The first-order chi connectivity index (χ1) is 11.5. The molecule has 120 valence electrons. The summed E-state index contributed by atoms with van der Waals surface area (Å²) in [6.07, 6.45) is 3.59. The molecule has 3 rings (SSSR count). The molecule has 0 fully saturated rings. The lowest BCUT2D eigenvalue weighted by Gasteiger charge is -2.08. The van der Waals surface area contributed by atoms with E-state index in [2.05, 4.69) is 0 Å². The molecule has 0 aliphatic rings. The fourth-order valence-electron chi connectivity index (χ4n) is 2.48. The maximum atomic E-state index is 9.77. The molecule has 0 spiro atoms. The summed E-state index contributed by atoms with van der Waals surface area (Å²) in [5.74, 6) is 0.287. The number of hydrogen-bond acceptors (Lipinski definition) is 4. The van der Waals surface area contributed by atoms with E-state index in [9.17, 15) is 20.4 Å². The van der Waals surface area contributed by atoms with Crippen molar-refractivity contribution >= 4 is 12.2 Å². The molecule has 0 saturated heterocycles. The summed E-state index contributed by atoms with van der Waals surface area (Å²) in [6, 6.07) is 16.0. The highest BCUT2D eigenvalue weighted by Crippen LogP contribution is 2.30. The van der Waals surface area contributed by atoms with Crippen LogP contribution in [0.15, 0.2) is 60.7 Å². The van der Waals surface area contributed by atoms with Crippen molar-refractivity contribution in [2.45, 2.75) is 0 Å². The smallest absolute Gasteiger partial charge is 0.119 e. The monoisotopic (exact) mass is 320 g/mol. The van der Waals surface area contributed by atoms with Crippen molar-refractivity contribution in [1.29, 1.82) is 0 Å². The third kappa shape index (κ3) is 3.50. The predicted molar refractivity (Wildman–Crippen MR) is 93.9 cm³/mol. The van der Waals surface area contributed by atoms with Crippen LogP contribution in [0, 0.1) is 0 Å². The van der Waals surface area contributed by atoms with Gasteiger partial charge < -0.3 is 20.4 Å². The molecule has 0 amide bonds. The summed E-state index contributed by atoms with van der Waals surface area (Å²) in [6.45, 7) is 0. The summed E-state index contributed by atoms with van der Waals surface area (Å²) < 4.78 is 0. The Morgan fingerprint density at radius 3 is 1.83 bits per heavy atom. The lowest BCUT2D eigenvalue weighted by atomic mass is 9.98. The normalized spacial score (nSPS) is 11.0. The summed E-state index contributed by atoms with van der Waals surface area (Å²) in [4.78, 5) is 0. The number of benzene rings is 3. The average molecular weight is 320 g/mol. The Morgan fingerprint density at radius 1 is 0.542 bits per heavy atom. The van der Waals surface area contributed by atoms with Gasteiger partial charge in [0, 0.05) is 6.07 Å². The molecular weight excluding hydrogens is 304 g/mol. The number of aromatic hydroxyl groups is 4. The SMILES string of the molecule is Oc1ccc(-c2cc(O)ccc2/C=C/c2cc(O)cc(O)c2)cc1. The van der Waals surface area contributed by atoms with Gasteiger partial charge in [-0.2, -0.15) is 0 Å². The summed E-state index contributed by atoms with van der Waals surface area (Å²) >= 11 is 0. The molecule has 0 bridgehead atoms. The molecule has 3 aromatic rings. The van der Waals surface area contributed by atoms with Crippen molar-refractivity contribution in [2.24, 2.45) is 0 Å². The summed E-state index contributed by atoms with van der Waals surface area (Å²) in [7, 11) is 0. The van der Waals surface area contributed by atoms with Gasteiger partial charge in [0.2, 0.25) is 0 Å². The highest BCUT2D eigenvalue weighted by atomic mass is 16.3. The molecule has 24 heavy (non-hydrogen) atoms. The van der Waals surface area contributed by atoms with E-state index in [4.69, 9.17) is 0 Å². The zero-order chi connectivity index (χ0) is 17.1. The third-order valence-corrected chi connectivity index (χ3v) is 3.60. The van der Waals surface area contributed by atoms with Gasteiger partial charge in [-0.15, -0.1) is 0 Å². The zero-order valence-corrected chi connectivity index (χ0v) is 12.7. The van der Waals surface area contributed by atoms with Crippen molar-refractivity contribution in [3.63, 3.8) is 0 Å². The van der Waals surface area contributed by atoms with Gasteiger partial charge >= 0.3 is 0 Å². The second-order valence-electron chi connectivity index (χ2n) is 5.43. The van der Waals surface area contributed by atoms with E-state index in [1.165, 1.54) is 18.2 Å². The van der Waals surface area contributed by atoms with E-state index < -0.39 is 0 Å². The minimum absolute atomic E-state index is 0.0147. The van der Waals surface area contributed by atoms with Crippen LogP contribution in [0.4, 0.5) is 0 Å². The number of phenols is 4. The van der Waals surface area contributed by atoms with Gasteiger partial charge in [-0.3, -0.25) is 0 Å². The fourth-order valence-corrected chi connectivity index (χ4v) is 2.48. The van der Waals surface area contributed by atoms with Crippen LogP contribution in [-0.4, -0.2) is 20.4 Å². The van der Waals surface area contributed by atoms with Crippen LogP contribution in [0.1, 0.15) is 11.1 Å². The molecule has 4 heteroatoms. The van der Waals surface area contributed by atoms with Gasteiger partial charge in [-0.05, 0) is 58.7 Å². The molecule has 0 aliphatic carbocycles. The van der Waals surface area contributed by atoms with Gasteiger partial charge in [0.05, 0.1) is 0 Å². The number of phenolic OH excluding ortho intramolecular Hbond substituents is 4. The first-order valence-corrected chi connectivity index (χ1v) is 7.35. The Bertz CT molecular complexity index is 876. The van der Waals surface area contributed by atoms with Gasteiger partial charge in [0.25, 0.3) is 0 Å². The summed E-state index contributed by atoms with van der Waals surface area (Å²) in [5.41, 5.74) is 3.15. The van der Waals surface area contributed by atoms with Crippen LogP contribution >= 0.6 is 0 Å². The predicted octanol–water partition coefficient (Wildman–Crippen LogP) is 4.35. The maximum absolute atomic E-state index is 9.77. The standard InChI is InChI=1S/C20H16O4/c21-16-6-3-15(4-7-16)20-12-17(22)8-5-14(20)2-1-13-9-18(23)11-19(24)10-13/h1-12,21-24H/b2-1+. The largest absolute Gasteiger partial charge is 0.508 e. The van der Waals surface area contributed by atoms with E-state index >= 15 is 0 Å². The van der Waals surface area contributed by atoms with Crippen LogP contribution in [-0.2, 0) is 0 Å². The van der Waals surface area contributed by atoms with Crippen molar-refractivity contribution in [1.82, 2.24) is 0 Å². The molecule has 0 radical (unpaired) electrons. The Balaban J connectivity index is 2.01. The molecule has 0 aliphatic heterocycles. The van der Waals surface area contributed by atoms with Gasteiger partial charge in [0.1, 0.15) is 23.0 Å². The average Bonchev–Trinajstić information content (AvgIpc) is 2.53. The Morgan fingerprint density at radius 2 is 1.17 bits per heavy atom. The molecule has 3 aromatic carbocycles. The van der Waals surface area contributed by atoms with Crippen LogP contribution in [0.25, 0.3) is 23.3 Å². The molecule has 0 unspecified atom stereocenters. The van der Waals surface area contributed by atoms with Crippen molar-refractivity contribution in [3.8, 4) is 34.1 Å². The molecule has 0 saturated carbocycles. The quantitative estimate of drug-likeness (QED) is 0.541. The van der Waals surface area contributed by atoms with Crippen LogP contribution in [0.3, 0.4) is 0 Å². The molecule has 4 nitrogen and oxygen atoms in total. The molecule has 0 heterocycles. The topological polar surface area (TPSA) is 80.9 Å². The van der Waals surface area contributed by atoms with Crippen molar-refractivity contribution in [3.05, 3.63) is 71.8 Å². The van der Waals surface area contributed by atoms with E-state index in [1.807, 2.05) is 6.08 Å². The van der Waals surface area contributed by atoms with Crippen molar-refractivity contribution in [2.75, 3.05) is 0 Å². The van der Waals surface area contributed by atoms with Crippen LogP contribution < -0.4 is 0 Å². The second-order valence-corrected chi connectivity index (χ2v) is 5.43.